The molecule has 2 aromatic rings. The molecule has 0 unspecified atom stereocenters. The second-order valence-electron chi connectivity index (χ2n) is 5.36. The van der Waals surface area contributed by atoms with E-state index in [0.717, 1.165) is 30.2 Å². The van der Waals surface area contributed by atoms with Gasteiger partial charge in [0.15, 0.2) is 5.82 Å². The third kappa shape index (κ3) is 5.20. The molecule has 2 N–H and O–H groups in total. The molecule has 0 saturated carbocycles. The van der Waals surface area contributed by atoms with E-state index in [1.165, 1.54) is 0 Å². The molecule has 0 aliphatic rings. The molecular weight excluding hydrogens is 278 g/mol. The molecular formula is C16H23N5O. The number of aromatic nitrogens is 3. The van der Waals surface area contributed by atoms with E-state index in [1.807, 2.05) is 31.2 Å². The molecule has 22 heavy (non-hydrogen) atoms. The van der Waals surface area contributed by atoms with Gasteiger partial charge in [0.05, 0.1) is 12.8 Å². The Bertz CT molecular complexity index is 571. The fraction of sp³-hybridized carbons (Fsp3) is 0.438. The van der Waals surface area contributed by atoms with E-state index in [4.69, 9.17) is 4.74 Å². The van der Waals surface area contributed by atoms with Crippen molar-refractivity contribution in [1.29, 1.82) is 0 Å². The summed E-state index contributed by atoms with van der Waals surface area (Å²) in [6.07, 6.45) is 2.72. The van der Waals surface area contributed by atoms with Crippen molar-refractivity contribution < 1.29 is 4.74 Å². The molecule has 1 aromatic heterocycles. The maximum atomic E-state index is 5.41. The van der Waals surface area contributed by atoms with Gasteiger partial charge >= 0.3 is 0 Å². The molecule has 2 rings (SSSR count). The van der Waals surface area contributed by atoms with Crippen LogP contribution in [0.15, 0.2) is 30.5 Å². The van der Waals surface area contributed by atoms with Gasteiger partial charge < -0.3 is 15.4 Å². The lowest BCUT2D eigenvalue weighted by atomic mass is 10.1. The van der Waals surface area contributed by atoms with Gasteiger partial charge in [-0.05, 0) is 43.5 Å². The maximum absolute atomic E-state index is 5.41. The average Bonchev–Trinajstić information content (AvgIpc) is 2.50. The predicted octanol–water partition coefficient (Wildman–Crippen LogP) is 3.47. The van der Waals surface area contributed by atoms with Crippen LogP contribution in [-0.2, 0) is 0 Å². The second-order valence-corrected chi connectivity index (χ2v) is 5.36. The van der Waals surface area contributed by atoms with E-state index in [9.17, 15) is 0 Å². The Morgan fingerprint density at radius 3 is 2.64 bits per heavy atom. The summed E-state index contributed by atoms with van der Waals surface area (Å²) in [5.41, 5.74) is 0.893. The topological polar surface area (TPSA) is 72.0 Å². The molecule has 0 saturated heterocycles. The standard InChI is InChI=1S/C16H23N5O/c1-4-22-14-7-5-13(6-8-14)19-16-20-15(11-18-21-16)17-10-9-12(2)3/h5-8,11-12H,4,9-10H2,1-3H3,(H2,17,19,20,21). The molecule has 0 aliphatic heterocycles. The summed E-state index contributed by atoms with van der Waals surface area (Å²) < 4.78 is 5.41. The summed E-state index contributed by atoms with van der Waals surface area (Å²) in [4.78, 5) is 4.40. The van der Waals surface area contributed by atoms with Gasteiger partial charge in [0.1, 0.15) is 5.75 Å². The van der Waals surface area contributed by atoms with Crippen molar-refractivity contribution >= 4 is 17.5 Å². The molecule has 0 fully saturated rings. The second kappa shape index (κ2) is 8.17. The Labute approximate surface area is 131 Å². The van der Waals surface area contributed by atoms with Gasteiger partial charge in [-0.15, -0.1) is 5.10 Å². The number of nitrogens with zero attached hydrogens (tertiary/aromatic N) is 3. The van der Waals surface area contributed by atoms with Crippen LogP contribution >= 0.6 is 0 Å². The lowest BCUT2D eigenvalue weighted by Gasteiger charge is -2.09. The summed E-state index contributed by atoms with van der Waals surface area (Å²) in [6, 6.07) is 7.66. The Morgan fingerprint density at radius 2 is 1.95 bits per heavy atom. The molecule has 0 radical (unpaired) electrons. The van der Waals surface area contributed by atoms with Crippen LogP contribution in [0.3, 0.4) is 0 Å². The van der Waals surface area contributed by atoms with Crippen LogP contribution in [0.5, 0.6) is 5.75 Å². The highest BCUT2D eigenvalue weighted by Gasteiger charge is 2.02. The van der Waals surface area contributed by atoms with Crippen LogP contribution in [0.25, 0.3) is 0 Å². The lowest BCUT2D eigenvalue weighted by Crippen LogP contribution is -2.08. The minimum atomic E-state index is 0.471. The summed E-state index contributed by atoms with van der Waals surface area (Å²) in [5, 5.41) is 14.3. The van der Waals surface area contributed by atoms with E-state index < -0.39 is 0 Å². The normalized spacial score (nSPS) is 10.5. The van der Waals surface area contributed by atoms with Crippen molar-refractivity contribution in [3.63, 3.8) is 0 Å². The molecule has 0 aliphatic carbocycles. The Balaban J connectivity index is 1.94. The number of rotatable bonds is 8. The highest BCUT2D eigenvalue weighted by Crippen LogP contribution is 2.18. The highest BCUT2D eigenvalue weighted by atomic mass is 16.5. The number of ether oxygens (including phenoxy) is 1. The first-order chi connectivity index (χ1) is 10.7. The third-order valence-corrected chi connectivity index (χ3v) is 3.01. The van der Waals surface area contributed by atoms with E-state index in [0.29, 0.717) is 18.5 Å². The van der Waals surface area contributed by atoms with Gasteiger partial charge in [0, 0.05) is 12.2 Å². The largest absolute Gasteiger partial charge is 0.494 e. The smallest absolute Gasteiger partial charge is 0.249 e. The van der Waals surface area contributed by atoms with Crippen molar-refractivity contribution in [3.8, 4) is 5.75 Å². The van der Waals surface area contributed by atoms with Crippen LogP contribution in [0, 0.1) is 5.92 Å². The van der Waals surface area contributed by atoms with Crippen molar-refractivity contribution in [2.45, 2.75) is 27.2 Å². The monoisotopic (exact) mass is 301 g/mol. The summed E-state index contributed by atoms with van der Waals surface area (Å²) in [7, 11) is 0. The molecule has 6 heteroatoms. The van der Waals surface area contributed by atoms with Crippen molar-refractivity contribution in [3.05, 3.63) is 30.5 Å². The number of nitrogens with one attached hydrogen (secondary N) is 2. The first kappa shape index (κ1) is 16.0. The Morgan fingerprint density at radius 1 is 1.18 bits per heavy atom. The third-order valence-electron chi connectivity index (χ3n) is 3.01. The fourth-order valence-electron chi connectivity index (χ4n) is 1.86. The highest BCUT2D eigenvalue weighted by molar-refractivity contribution is 5.55. The minimum Gasteiger partial charge on any atom is -0.494 e. The first-order valence-electron chi connectivity index (χ1n) is 7.61. The molecule has 6 nitrogen and oxygen atoms in total. The van der Waals surface area contributed by atoms with Crippen LogP contribution in [0.1, 0.15) is 27.2 Å². The number of anilines is 3. The van der Waals surface area contributed by atoms with Crippen LogP contribution < -0.4 is 15.4 Å². The summed E-state index contributed by atoms with van der Waals surface area (Å²) in [5.74, 6) is 2.70. The quantitative estimate of drug-likeness (QED) is 0.778. The summed E-state index contributed by atoms with van der Waals surface area (Å²) in [6.45, 7) is 7.88. The van der Waals surface area contributed by atoms with Gasteiger partial charge in [0.25, 0.3) is 0 Å². The predicted molar refractivity (Wildman–Crippen MR) is 88.7 cm³/mol. The molecule has 0 atom stereocenters. The van der Waals surface area contributed by atoms with E-state index in [-0.39, 0.29) is 0 Å². The van der Waals surface area contributed by atoms with Crippen LogP contribution in [0.4, 0.5) is 17.5 Å². The average molecular weight is 301 g/mol. The molecule has 1 heterocycles. The Hall–Kier alpha value is -2.37. The van der Waals surface area contributed by atoms with Crippen LogP contribution in [0.2, 0.25) is 0 Å². The SMILES string of the molecule is CCOc1ccc(Nc2nncc(NCCC(C)C)n2)cc1. The summed E-state index contributed by atoms with van der Waals surface area (Å²) >= 11 is 0. The van der Waals surface area contributed by atoms with Gasteiger partial charge in [0.2, 0.25) is 5.95 Å². The first-order valence-corrected chi connectivity index (χ1v) is 7.61. The molecule has 0 bridgehead atoms. The van der Waals surface area contributed by atoms with Gasteiger partial charge in [-0.25, -0.2) is 0 Å². The van der Waals surface area contributed by atoms with E-state index in [1.54, 1.807) is 6.20 Å². The molecule has 118 valence electrons. The van der Waals surface area contributed by atoms with Crippen LogP contribution in [-0.4, -0.2) is 28.3 Å². The zero-order chi connectivity index (χ0) is 15.8. The number of hydrogen-bond acceptors (Lipinski definition) is 6. The number of benzene rings is 1. The van der Waals surface area contributed by atoms with E-state index >= 15 is 0 Å². The van der Waals surface area contributed by atoms with Gasteiger partial charge in [-0.3, -0.25) is 0 Å². The Kier molecular flexibility index (Phi) is 5.94. The fourth-order valence-corrected chi connectivity index (χ4v) is 1.86. The number of hydrogen-bond donors (Lipinski definition) is 2. The zero-order valence-corrected chi connectivity index (χ0v) is 13.3. The maximum Gasteiger partial charge on any atom is 0.249 e. The van der Waals surface area contributed by atoms with Gasteiger partial charge in [-0.2, -0.15) is 10.1 Å². The lowest BCUT2D eigenvalue weighted by molar-refractivity contribution is 0.340. The van der Waals surface area contributed by atoms with Crippen molar-refractivity contribution in [2.24, 2.45) is 5.92 Å². The molecule has 1 aromatic carbocycles. The van der Waals surface area contributed by atoms with Crippen molar-refractivity contribution in [1.82, 2.24) is 15.2 Å². The minimum absolute atomic E-state index is 0.471. The molecule has 0 spiro atoms. The van der Waals surface area contributed by atoms with Gasteiger partial charge in [-0.1, -0.05) is 13.8 Å². The van der Waals surface area contributed by atoms with Crippen molar-refractivity contribution in [2.75, 3.05) is 23.8 Å². The van der Waals surface area contributed by atoms with E-state index in [2.05, 4.69) is 39.7 Å². The zero-order valence-electron chi connectivity index (χ0n) is 13.3. The molecule has 0 amide bonds.